The number of aliphatic hydroxyl groups excluding tert-OH is 1. The minimum absolute atomic E-state index is 0. The van der Waals surface area contributed by atoms with Gasteiger partial charge in [0.05, 0.1) is 41.9 Å². The van der Waals surface area contributed by atoms with Crippen molar-refractivity contribution in [2.75, 3.05) is 13.2 Å². The molecular formula is C18H26N3NaO6S. The smallest absolute Gasteiger partial charge is 0.543 e. The Bertz CT molecular complexity index is 716. The average Bonchev–Trinajstić information content (AvgIpc) is 3.14. The summed E-state index contributed by atoms with van der Waals surface area (Å²) in [5, 5.41) is 24.3. The molecule has 0 saturated carbocycles. The maximum Gasteiger partial charge on any atom is 1.00 e. The molecule has 2 saturated heterocycles. The summed E-state index contributed by atoms with van der Waals surface area (Å²) < 4.78 is 5.70. The summed E-state index contributed by atoms with van der Waals surface area (Å²) >= 11 is 1.37. The van der Waals surface area contributed by atoms with Crippen molar-refractivity contribution in [2.24, 2.45) is 17.6 Å². The van der Waals surface area contributed by atoms with E-state index in [0.29, 0.717) is 17.9 Å². The molecule has 0 spiro atoms. The monoisotopic (exact) mass is 435 g/mol. The number of ether oxygens (including phenoxy) is 1. The van der Waals surface area contributed by atoms with Gasteiger partial charge in [-0.25, -0.2) is 0 Å². The molecule has 3 aliphatic rings. The molecule has 0 aromatic carbocycles. The van der Waals surface area contributed by atoms with E-state index in [0.717, 1.165) is 0 Å². The van der Waals surface area contributed by atoms with Gasteiger partial charge in [-0.15, -0.1) is 11.8 Å². The number of nitrogens with zero attached hydrogens (tertiary/aromatic N) is 1. The minimum atomic E-state index is -1.39. The summed E-state index contributed by atoms with van der Waals surface area (Å²) in [7, 11) is 0. The number of hydrogen-bond acceptors (Lipinski definition) is 8. The number of amides is 2. The number of aliphatic carboxylic acids is 1. The van der Waals surface area contributed by atoms with Gasteiger partial charge in [0.1, 0.15) is 0 Å². The fourth-order valence-corrected chi connectivity index (χ4v) is 5.66. The second-order valence-corrected chi connectivity index (χ2v) is 8.92. The van der Waals surface area contributed by atoms with Gasteiger partial charge in [0, 0.05) is 29.2 Å². The molecule has 0 unspecified atom stereocenters. The standard InChI is InChI=1S/C18H27N3O6S.Na/c1-7-13-12(9(3)22)17(24)21(13)14(18(25)26)15(7)28-11-4-5-27-10(11)6-20-16(23)8(2)19;/h7-13,22H,4-6,19H2,1-3H3,(H,20,23)(H,25,26);/q;+1/p-1/t7-,8+,9-,10-,11-,12-,13-;/m1./s1. The first kappa shape index (κ1) is 24.6. The van der Waals surface area contributed by atoms with Crippen molar-refractivity contribution in [1.82, 2.24) is 10.2 Å². The maximum absolute atomic E-state index is 12.4. The van der Waals surface area contributed by atoms with E-state index in [1.165, 1.54) is 16.7 Å². The van der Waals surface area contributed by atoms with Crippen molar-refractivity contribution >= 4 is 29.5 Å². The number of carboxylic acids is 1. The zero-order chi connectivity index (χ0) is 20.7. The molecule has 156 valence electrons. The van der Waals surface area contributed by atoms with Crippen LogP contribution in [0, 0.1) is 11.8 Å². The van der Waals surface area contributed by atoms with E-state index in [1.54, 1.807) is 13.8 Å². The number of thioether (sulfide) groups is 1. The van der Waals surface area contributed by atoms with Crippen molar-refractivity contribution in [2.45, 2.75) is 56.7 Å². The van der Waals surface area contributed by atoms with Crippen LogP contribution in [0.1, 0.15) is 27.2 Å². The predicted molar refractivity (Wildman–Crippen MR) is 99.4 cm³/mol. The summed E-state index contributed by atoms with van der Waals surface area (Å²) in [6.45, 7) is 5.77. The van der Waals surface area contributed by atoms with Gasteiger partial charge >= 0.3 is 29.6 Å². The number of nitrogens with two attached hydrogens (primary N) is 1. The quantitative estimate of drug-likeness (QED) is 0.267. The number of nitrogens with one attached hydrogen (secondary N) is 1. The second kappa shape index (κ2) is 9.67. The number of carbonyl (C=O) groups excluding carboxylic acids is 3. The van der Waals surface area contributed by atoms with Gasteiger partial charge < -0.3 is 35.7 Å². The van der Waals surface area contributed by atoms with Crippen LogP contribution in [0.2, 0.25) is 0 Å². The Labute approximate surface area is 196 Å². The fourth-order valence-electron chi connectivity index (χ4n) is 4.15. The van der Waals surface area contributed by atoms with Crippen molar-refractivity contribution in [3.63, 3.8) is 0 Å². The third-order valence-corrected chi connectivity index (χ3v) is 7.28. The van der Waals surface area contributed by atoms with Gasteiger partial charge in [-0.2, -0.15) is 0 Å². The number of rotatable bonds is 7. The van der Waals surface area contributed by atoms with Gasteiger partial charge in [0.2, 0.25) is 11.8 Å². The normalized spacial score (nSPS) is 32.9. The van der Waals surface area contributed by atoms with Crippen molar-refractivity contribution < 1.29 is 58.9 Å². The molecule has 2 amide bonds. The van der Waals surface area contributed by atoms with Crippen LogP contribution in [-0.4, -0.2) is 70.5 Å². The Kier molecular flexibility index (Phi) is 8.22. The minimum Gasteiger partial charge on any atom is -0.543 e. The maximum atomic E-state index is 12.4. The number of aliphatic hydroxyl groups is 1. The Morgan fingerprint density at radius 3 is 2.66 bits per heavy atom. The van der Waals surface area contributed by atoms with E-state index in [9.17, 15) is 24.6 Å². The van der Waals surface area contributed by atoms with Crippen LogP contribution in [0.5, 0.6) is 0 Å². The van der Waals surface area contributed by atoms with Gasteiger partial charge in [0.25, 0.3) is 0 Å². The Balaban J connectivity index is 0.00000300. The zero-order valence-electron chi connectivity index (χ0n) is 17.1. The van der Waals surface area contributed by atoms with Crippen molar-refractivity contribution in [3.8, 4) is 0 Å². The van der Waals surface area contributed by atoms with E-state index in [1.807, 2.05) is 6.92 Å². The first-order chi connectivity index (χ1) is 13.1. The molecule has 3 heterocycles. The van der Waals surface area contributed by atoms with Gasteiger partial charge in [-0.3, -0.25) is 9.59 Å². The molecule has 9 nitrogen and oxygen atoms in total. The Morgan fingerprint density at radius 2 is 2.10 bits per heavy atom. The first-order valence-corrected chi connectivity index (χ1v) is 10.3. The van der Waals surface area contributed by atoms with Crippen LogP contribution in [0.25, 0.3) is 0 Å². The van der Waals surface area contributed by atoms with Gasteiger partial charge in [-0.05, 0) is 20.3 Å². The van der Waals surface area contributed by atoms with E-state index in [4.69, 9.17) is 10.5 Å². The van der Waals surface area contributed by atoms with Crippen molar-refractivity contribution in [3.05, 3.63) is 10.6 Å². The SMILES string of the molecule is C[C@H](N)C(=O)NC[C@H]1OCC[C@H]1SC1=C(C(=O)[O-])N2C(=O)[C@H]([C@@H](C)O)[C@H]2[C@H]1C.[Na+]. The molecule has 3 aliphatic heterocycles. The largest absolute Gasteiger partial charge is 1.00 e. The van der Waals surface area contributed by atoms with E-state index in [2.05, 4.69) is 5.32 Å². The third kappa shape index (κ3) is 4.53. The summed E-state index contributed by atoms with van der Waals surface area (Å²) in [6.07, 6.45) is -0.440. The molecule has 7 atom stereocenters. The molecule has 0 aromatic heterocycles. The van der Waals surface area contributed by atoms with Crippen LogP contribution >= 0.6 is 11.8 Å². The van der Waals surface area contributed by atoms with E-state index >= 15 is 0 Å². The molecule has 11 heteroatoms. The molecule has 0 aromatic rings. The molecular weight excluding hydrogens is 409 g/mol. The molecule has 2 fully saturated rings. The number of carboxylic acid groups (broad SMARTS) is 1. The summed E-state index contributed by atoms with van der Waals surface area (Å²) in [4.78, 5) is 37.7. The topological polar surface area (TPSA) is 145 Å². The number of fused-ring (bicyclic) bond motifs is 1. The van der Waals surface area contributed by atoms with Crippen LogP contribution in [0.3, 0.4) is 0 Å². The molecule has 29 heavy (non-hydrogen) atoms. The summed E-state index contributed by atoms with van der Waals surface area (Å²) in [5.74, 6) is -2.89. The zero-order valence-corrected chi connectivity index (χ0v) is 19.9. The van der Waals surface area contributed by atoms with Gasteiger partial charge in [0.15, 0.2) is 0 Å². The van der Waals surface area contributed by atoms with Crippen LogP contribution in [0.15, 0.2) is 10.6 Å². The third-order valence-electron chi connectivity index (χ3n) is 5.62. The molecule has 0 bridgehead atoms. The number of hydrogen-bond donors (Lipinski definition) is 3. The average molecular weight is 435 g/mol. The van der Waals surface area contributed by atoms with Crippen LogP contribution in [0.4, 0.5) is 0 Å². The first-order valence-electron chi connectivity index (χ1n) is 9.43. The van der Waals surface area contributed by atoms with E-state index in [-0.39, 0.29) is 76.9 Å². The summed E-state index contributed by atoms with van der Waals surface area (Å²) in [5.41, 5.74) is 5.45. The Hall–Kier alpha value is -0.620. The number of β-lactam (4-membered cyclic amide) rings is 1. The second-order valence-electron chi connectivity index (χ2n) is 7.64. The fraction of sp³-hybridized carbons (Fsp3) is 0.722. The predicted octanol–water partition coefficient (Wildman–Crippen LogP) is -4.84. The Morgan fingerprint density at radius 1 is 1.45 bits per heavy atom. The molecule has 4 N–H and O–H groups in total. The summed E-state index contributed by atoms with van der Waals surface area (Å²) in [6, 6.07) is -0.997. The van der Waals surface area contributed by atoms with Crippen LogP contribution in [-0.2, 0) is 19.1 Å². The number of carbonyl (C=O) groups is 3. The van der Waals surface area contributed by atoms with Gasteiger partial charge in [-0.1, -0.05) is 6.92 Å². The van der Waals surface area contributed by atoms with Crippen molar-refractivity contribution in [1.29, 1.82) is 0 Å². The molecule has 0 radical (unpaired) electrons. The molecule has 3 rings (SSSR count). The van der Waals surface area contributed by atoms with Crippen LogP contribution < -0.4 is 45.7 Å². The van der Waals surface area contributed by atoms with E-state index < -0.39 is 24.0 Å². The molecule has 0 aliphatic carbocycles.